The molecule has 0 heterocycles. The molecule has 0 amide bonds. The van der Waals surface area contributed by atoms with Crippen LogP contribution in [0.4, 0.5) is 22.0 Å². The van der Waals surface area contributed by atoms with Crippen molar-refractivity contribution in [2.75, 3.05) is 0 Å². The van der Waals surface area contributed by atoms with E-state index in [1.807, 2.05) is 0 Å². The van der Waals surface area contributed by atoms with Gasteiger partial charge in [-0.15, -0.1) is 0 Å². The van der Waals surface area contributed by atoms with Gasteiger partial charge in [-0.25, -0.2) is 13.2 Å². The van der Waals surface area contributed by atoms with Crippen LogP contribution >= 0.6 is 0 Å². The minimum Gasteiger partial charge on any atom is -0.503 e. The Hall–Kier alpha value is -0.798. The second-order valence-electron chi connectivity index (χ2n) is 7.67. The van der Waals surface area contributed by atoms with Gasteiger partial charge in [-0.2, -0.15) is 8.78 Å². The van der Waals surface area contributed by atoms with Gasteiger partial charge in [0.15, 0.2) is 5.75 Å². The van der Waals surface area contributed by atoms with Crippen LogP contribution in [-0.4, -0.2) is 19.3 Å². The SMILES string of the molecule is CC(C)[CH2][Al]([CH2]C(C)C)[CH2]C(C)C.Oc1c(F)c(F)c(F)c(F)c1F. The zero-order valence-corrected chi connectivity index (χ0v) is 16.9. The summed E-state index contributed by atoms with van der Waals surface area (Å²) in [6.45, 7) is 14.3. The first-order valence-corrected chi connectivity index (χ1v) is 11.0. The van der Waals surface area contributed by atoms with E-state index in [1.165, 1.54) is 0 Å². The highest BCUT2D eigenvalue weighted by Crippen LogP contribution is 2.27. The Labute approximate surface area is 151 Å². The Bertz CT molecular complexity index is 418. The molecule has 0 unspecified atom stereocenters. The summed E-state index contributed by atoms with van der Waals surface area (Å²) in [6, 6.07) is 0. The van der Waals surface area contributed by atoms with Crippen molar-refractivity contribution in [2.45, 2.75) is 57.4 Å². The quantitative estimate of drug-likeness (QED) is 0.256. The first-order valence-electron chi connectivity index (χ1n) is 8.58. The summed E-state index contributed by atoms with van der Waals surface area (Å²) in [7, 11) is 0. The summed E-state index contributed by atoms with van der Waals surface area (Å²) in [4.78, 5) is 0. The minimum absolute atomic E-state index is 0.407. The summed E-state index contributed by atoms with van der Waals surface area (Å²) < 4.78 is 60.6. The molecule has 1 nitrogen and oxygen atoms in total. The molecule has 144 valence electrons. The number of phenolic OH excluding ortho intramolecular Hbond substituents is 1. The molecule has 0 saturated heterocycles. The number of hydrogen-bond donors (Lipinski definition) is 1. The van der Waals surface area contributed by atoms with Crippen molar-refractivity contribution in [3.8, 4) is 5.75 Å². The van der Waals surface area contributed by atoms with E-state index in [2.05, 4.69) is 41.5 Å². The number of hydrogen-bond acceptors (Lipinski definition) is 1. The van der Waals surface area contributed by atoms with Crippen molar-refractivity contribution >= 4 is 14.1 Å². The maximum absolute atomic E-state index is 12.2. The minimum atomic E-state index is -2.29. The molecule has 0 saturated carbocycles. The topological polar surface area (TPSA) is 20.2 Å². The fraction of sp³-hybridized carbons (Fsp3) is 0.667. The van der Waals surface area contributed by atoms with Gasteiger partial charge in [-0.1, -0.05) is 75.1 Å². The third-order valence-electron chi connectivity index (χ3n) is 3.60. The summed E-state index contributed by atoms with van der Waals surface area (Å²) in [5, 5.41) is 13.0. The molecule has 1 aromatic carbocycles. The second kappa shape index (κ2) is 11.0. The molecule has 0 bridgehead atoms. The third-order valence-corrected chi connectivity index (χ3v) is 8.43. The maximum atomic E-state index is 12.2. The lowest BCUT2D eigenvalue weighted by Gasteiger charge is -2.17. The predicted octanol–water partition coefficient (Wildman–Crippen LogP) is 6.54. The van der Waals surface area contributed by atoms with Crippen LogP contribution in [0.3, 0.4) is 0 Å². The average Bonchev–Trinajstić information content (AvgIpc) is 2.47. The second-order valence-corrected chi connectivity index (χ2v) is 10.8. The highest BCUT2D eigenvalue weighted by atomic mass is 27.2. The van der Waals surface area contributed by atoms with Crippen LogP contribution in [0.25, 0.3) is 0 Å². The van der Waals surface area contributed by atoms with Crippen LogP contribution in [0.1, 0.15) is 41.5 Å². The number of halogens is 5. The van der Waals surface area contributed by atoms with E-state index in [9.17, 15) is 22.0 Å². The van der Waals surface area contributed by atoms with Crippen LogP contribution in [0, 0.1) is 46.8 Å². The average molecular weight is 382 g/mol. The van der Waals surface area contributed by atoms with Crippen molar-refractivity contribution in [2.24, 2.45) is 17.8 Å². The first-order chi connectivity index (χ1) is 11.4. The smallest absolute Gasteiger partial charge is 0.262 e. The summed E-state index contributed by atoms with van der Waals surface area (Å²) in [5.74, 6) is -10.2. The lowest BCUT2D eigenvalue weighted by molar-refractivity contribution is 0.325. The van der Waals surface area contributed by atoms with E-state index < -0.39 is 49.0 Å². The van der Waals surface area contributed by atoms with E-state index in [0.717, 1.165) is 17.8 Å². The van der Waals surface area contributed by atoms with Crippen LogP contribution in [0.15, 0.2) is 0 Å². The predicted molar refractivity (Wildman–Crippen MR) is 92.6 cm³/mol. The molecule has 0 spiro atoms. The molecule has 1 N–H and O–H groups in total. The molecule has 25 heavy (non-hydrogen) atoms. The fourth-order valence-electron chi connectivity index (χ4n) is 2.88. The standard InChI is InChI=1S/C6HF5O.3C4H9.Al/c7-1-2(8)4(10)6(12)5(11)3(1)9;3*1-4(2)3;/h12H;3*4H,1H2,2-3H3;. The van der Waals surface area contributed by atoms with Crippen molar-refractivity contribution < 1.29 is 27.1 Å². The van der Waals surface area contributed by atoms with Crippen molar-refractivity contribution in [1.82, 2.24) is 0 Å². The number of rotatable bonds is 6. The molecule has 1 aromatic rings. The first kappa shape index (κ1) is 24.2. The lowest BCUT2D eigenvalue weighted by Crippen LogP contribution is -2.19. The van der Waals surface area contributed by atoms with E-state index in [4.69, 9.17) is 5.11 Å². The molecule has 0 aliphatic rings. The molecule has 0 aromatic heterocycles. The fourth-order valence-corrected chi connectivity index (χ4v) is 7.46. The molecule has 0 atom stereocenters. The van der Waals surface area contributed by atoms with Crippen LogP contribution < -0.4 is 0 Å². The van der Waals surface area contributed by atoms with Gasteiger partial charge in [0.2, 0.25) is 29.1 Å². The molecular weight excluding hydrogens is 354 g/mol. The maximum Gasteiger partial charge on any atom is 0.262 e. The van der Waals surface area contributed by atoms with E-state index in [-0.39, 0.29) is 0 Å². The third kappa shape index (κ3) is 8.42. The van der Waals surface area contributed by atoms with Crippen LogP contribution in [0.2, 0.25) is 15.8 Å². The molecule has 0 aliphatic heterocycles. The lowest BCUT2D eigenvalue weighted by atomic mass is 10.2. The number of aromatic hydroxyl groups is 1. The highest BCUT2D eigenvalue weighted by molar-refractivity contribution is 6.58. The van der Waals surface area contributed by atoms with Crippen LogP contribution in [-0.2, 0) is 0 Å². The van der Waals surface area contributed by atoms with Crippen molar-refractivity contribution in [3.05, 3.63) is 29.1 Å². The molecule has 1 rings (SSSR count). The van der Waals surface area contributed by atoms with Gasteiger partial charge < -0.3 is 5.11 Å². The highest BCUT2D eigenvalue weighted by Gasteiger charge is 2.25. The Morgan fingerprint density at radius 1 is 0.600 bits per heavy atom. The van der Waals surface area contributed by atoms with Crippen molar-refractivity contribution in [1.29, 1.82) is 0 Å². The summed E-state index contributed by atoms with van der Waals surface area (Å²) >= 11 is -0.407. The zero-order valence-electron chi connectivity index (χ0n) is 15.8. The van der Waals surface area contributed by atoms with E-state index in [0.29, 0.717) is 0 Å². The molecule has 0 radical (unpaired) electrons. The molecular formula is C18H28AlF5O. The van der Waals surface area contributed by atoms with Gasteiger partial charge in [0.05, 0.1) is 0 Å². The summed E-state index contributed by atoms with van der Waals surface area (Å²) in [5.41, 5.74) is 0. The largest absolute Gasteiger partial charge is 0.503 e. The number of phenols is 1. The van der Waals surface area contributed by atoms with Gasteiger partial charge in [-0.05, 0) is 0 Å². The molecule has 0 aliphatic carbocycles. The normalized spacial score (nSPS) is 11.1. The number of benzene rings is 1. The van der Waals surface area contributed by atoms with Gasteiger partial charge in [0.1, 0.15) is 0 Å². The Morgan fingerprint density at radius 2 is 0.840 bits per heavy atom. The Morgan fingerprint density at radius 3 is 1.08 bits per heavy atom. The molecule has 7 heteroatoms. The van der Waals surface area contributed by atoms with Gasteiger partial charge in [-0.3, -0.25) is 0 Å². The van der Waals surface area contributed by atoms with E-state index >= 15 is 0 Å². The Balaban J connectivity index is 0.000000462. The Kier molecular flexibility index (Phi) is 10.7. The monoisotopic (exact) mass is 382 g/mol. The van der Waals surface area contributed by atoms with Crippen molar-refractivity contribution in [3.63, 3.8) is 0 Å². The van der Waals surface area contributed by atoms with Crippen LogP contribution in [0.5, 0.6) is 5.75 Å². The zero-order chi connectivity index (χ0) is 19.9. The van der Waals surface area contributed by atoms with E-state index in [1.54, 1.807) is 15.8 Å². The molecule has 0 fully saturated rings. The van der Waals surface area contributed by atoms with Gasteiger partial charge in [0, 0.05) is 0 Å². The van der Waals surface area contributed by atoms with Gasteiger partial charge >= 0.3 is 0 Å². The summed E-state index contributed by atoms with van der Waals surface area (Å²) in [6.07, 6.45) is 0. The van der Waals surface area contributed by atoms with Gasteiger partial charge in [0.25, 0.3) is 14.1 Å².